The number of carbonyl (C=O) groups excluding carboxylic acids is 1. The van der Waals surface area contributed by atoms with E-state index in [4.69, 9.17) is 4.74 Å². The summed E-state index contributed by atoms with van der Waals surface area (Å²) in [5.74, 6) is -0.211. The van der Waals surface area contributed by atoms with Crippen molar-refractivity contribution in [3.63, 3.8) is 0 Å². The topological polar surface area (TPSA) is 84.5 Å². The minimum Gasteiger partial charge on any atom is -0.383 e. The summed E-state index contributed by atoms with van der Waals surface area (Å²) in [5.41, 5.74) is 4.59. The van der Waals surface area contributed by atoms with Crippen LogP contribution in [0.2, 0.25) is 0 Å². The molecule has 1 unspecified atom stereocenters. The van der Waals surface area contributed by atoms with Gasteiger partial charge in [-0.05, 0) is 69.4 Å². The Morgan fingerprint density at radius 3 is 1.96 bits per heavy atom. The summed E-state index contributed by atoms with van der Waals surface area (Å²) >= 11 is 0. The summed E-state index contributed by atoms with van der Waals surface area (Å²) in [4.78, 5) is 12.2. The molecule has 142 valence electrons. The third-order valence-electron chi connectivity index (χ3n) is 4.67. The van der Waals surface area contributed by atoms with Gasteiger partial charge < -0.3 is 10.1 Å². The molecule has 0 aliphatic heterocycles. The molecule has 25 heavy (non-hydrogen) atoms. The van der Waals surface area contributed by atoms with Crippen molar-refractivity contribution in [3.05, 3.63) is 27.8 Å². The zero-order valence-corrected chi connectivity index (χ0v) is 17.1. The number of rotatable bonds is 8. The molecule has 0 aliphatic rings. The molecule has 1 amide bonds. The molecule has 1 aromatic rings. The van der Waals surface area contributed by atoms with Crippen LogP contribution in [0.1, 0.15) is 41.2 Å². The van der Waals surface area contributed by atoms with Gasteiger partial charge in [0.1, 0.15) is 0 Å². The Morgan fingerprint density at radius 2 is 1.48 bits per heavy atom. The Hall–Kier alpha value is -1.44. The average molecular weight is 371 g/mol. The lowest BCUT2D eigenvalue weighted by molar-refractivity contribution is -0.121. The van der Waals surface area contributed by atoms with Crippen LogP contribution >= 0.6 is 0 Å². The molecule has 0 aromatic heterocycles. The third-order valence-corrected chi connectivity index (χ3v) is 6.40. The Morgan fingerprint density at radius 1 is 1.00 bits per heavy atom. The Labute approximate surface area is 151 Å². The maximum Gasteiger partial charge on any atom is 0.241 e. The first kappa shape index (κ1) is 21.6. The predicted molar refractivity (Wildman–Crippen MR) is 99.4 cm³/mol. The van der Waals surface area contributed by atoms with E-state index in [0.717, 1.165) is 27.8 Å². The van der Waals surface area contributed by atoms with Crippen molar-refractivity contribution >= 4 is 15.9 Å². The molecule has 0 saturated heterocycles. The lowest BCUT2D eigenvalue weighted by Gasteiger charge is -2.19. The van der Waals surface area contributed by atoms with Gasteiger partial charge in [-0.25, -0.2) is 13.1 Å². The maximum atomic E-state index is 12.7. The summed E-state index contributed by atoms with van der Waals surface area (Å²) < 4.78 is 33.0. The number of sulfonamides is 1. The van der Waals surface area contributed by atoms with Crippen LogP contribution in [0.5, 0.6) is 0 Å². The molecule has 6 nitrogen and oxygen atoms in total. The van der Waals surface area contributed by atoms with Crippen LogP contribution in [0.3, 0.4) is 0 Å². The van der Waals surface area contributed by atoms with Crippen molar-refractivity contribution in [3.8, 4) is 0 Å². The Kier molecular flexibility index (Phi) is 7.59. The lowest BCUT2D eigenvalue weighted by Crippen LogP contribution is -2.37. The molecule has 0 saturated carbocycles. The van der Waals surface area contributed by atoms with Crippen LogP contribution in [-0.4, -0.2) is 40.6 Å². The second-order valence-corrected chi connectivity index (χ2v) is 8.23. The van der Waals surface area contributed by atoms with Gasteiger partial charge in [0.15, 0.2) is 0 Å². The Balaban J connectivity index is 2.86. The first-order chi connectivity index (χ1) is 11.5. The van der Waals surface area contributed by atoms with Crippen molar-refractivity contribution < 1.29 is 17.9 Å². The monoisotopic (exact) mass is 370 g/mol. The van der Waals surface area contributed by atoms with Gasteiger partial charge >= 0.3 is 0 Å². The summed E-state index contributed by atoms with van der Waals surface area (Å²) in [6.45, 7) is 11.8. The number of nitrogens with one attached hydrogen (secondary N) is 2. The highest BCUT2D eigenvalue weighted by Gasteiger charge is 2.23. The van der Waals surface area contributed by atoms with E-state index in [2.05, 4.69) is 10.0 Å². The van der Waals surface area contributed by atoms with Gasteiger partial charge in [0.2, 0.25) is 15.9 Å². The quantitative estimate of drug-likeness (QED) is 0.733. The van der Waals surface area contributed by atoms with Crippen molar-refractivity contribution in [2.75, 3.05) is 20.3 Å². The number of hydrogen-bond acceptors (Lipinski definition) is 4. The summed E-state index contributed by atoms with van der Waals surface area (Å²) in [6, 6.07) is -0.110. The molecule has 0 aliphatic carbocycles. The van der Waals surface area contributed by atoms with Gasteiger partial charge in [0.25, 0.3) is 0 Å². The number of carbonyl (C=O) groups is 1. The molecule has 0 bridgehead atoms. The van der Waals surface area contributed by atoms with E-state index in [1.54, 1.807) is 7.11 Å². The smallest absolute Gasteiger partial charge is 0.241 e. The van der Waals surface area contributed by atoms with Crippen LogP contribution in [0.25, 0.3) is 0 Å². The van der Waals surface area contributed by atoms with E-state index in [1.807, 2.05) is 41.5 Å². The van der Waals surface area contributed by atoms with Crippen LogP contribution in [-0.2, 0) is 19.6 Å². The normalized spacial score (nSPS) is 12.9. The van der Waals surface area contributed by atoms with E-state index in [0.29, 0.717) is 11.5 Å². The fraction of sp³-hybridized carbons (Fsp3) is 0.611. The second-order valence-electron chi connectivity index (χ2n) is 6.53. The number of hydrogen-bond donors (Lipinski definition) is 2. The van der Waals surface area contributed by atoms with Gasteiger partial charge in [-0.15, -0.1) is 0 Å². The van der Waals surface area contributed by atoms with Crippen LogP contribution < -0.4 is 10.0 Å². The summed E-state index contributed by atoms with van der Waals surface area (Å²) in [5, 5.41) is 2.76. The average Bonchev–Trinajstić information content (AvgIpc) is 2.50. The minimum atomic E-state index is -3.67. The van der Waals surface area contributed by atoms with Crippen molar-refractivity contribution in [2.45, 2.75) is 58.9 Å². The zero-order chi connectivity index (χ0) is 19.4. The largest absolute Gasteiger partial charge is 0.383 e. The van der Waals surface area contributed by atoms with E-state index < -0.39 is 10.0 Å². The molecular weight excluding hydrogens is 340 g/mol. The molecular formula is C18H30N2O4S. The van der Waals surface area contributed by atoms with E-state index in [9.17, 15) is 13.2 Å². The summed E-state index contributed by atoms with van der Waals surface area (Å²) in [7, 11) is -2.11. The van der Waals surface area contributed by atoms with Crippen molar-refractivity contribution in [1.29, 1.82) is 0 Å². The highest BCUT2D eigenvalue weighted by Crippen LogP contribution is 2.29. The molecule has 1 atom stereocenters. The number of ether oxygens (including phenoxy) is 1. The third kappa shape index (κ3) is 5.26. The van der Waals surface area contributed by atoms with Gasteiger partial charge in [-0.3, -0.25) is 4.79 Å². The molecule has 1 aromatic carbocycles. The number of amides is 1. The molecule has 0 radical (unpaired) electrons. The van der Waals surface area contributed by atoms with Crippen molar-refractivity contribution in [2.24, 2.45) is 0 Å². The SMILES string of the molecule is COCC(C)NC(=O)CCNS(=O)(=O)c1c(C)c(C)c(C)c(C)c1C. The van der Waals surface area contributed by atoms with Gasteiger partial charge in [0, 0.05) is 26.1 Å². The standard InChI is InChI=1S/C18H30N2O4S/c1-11(10-24-7)20-17(21)8-9-19-25(22,23)18-15(5)13(3)12(2)14(4)16(18)6/h11,19H,8-10H2,1-7H3,(H,20,21). The highest BCUT2D eigenvalue weighted by molar-refractivity contribution is 7.89. The first-order valence-corrected chi connectivity index (χ1v) is 9.86. The van der Waals surface area contributed by atoms with E-state index in [-0.39, 0.29) is 24.9 Å². The number of benzene rings is 1. The molecule has 2 N–H and O–H groups in total. The minimum absolute atomic E-state index is 0.0543. The Bertz CT molecular complexity index is 713. The molecule has 0 fully saturated rings. The van der Waals surface area contributed by atoms with Crippen molar-refractivity contribution in [1.82, 2.24) is 10.0 Å². The summed E-state index contributed by atoms with van der Waals surface area (Å²) in [6.07, 6.45) is 0.0786. The molecule has 0 spiro atoms. The highest BCUT2D eigenvalue weighted by atomic mass is 32.2. The first-order valence-electron chi connectivity index (χ1n) is 8.37. The molecule has 7 heteroatoms. The molecule has 0 heterocycles. The van der Waals surface area contributed by atoms with Crippen LogP contribution in [0, 0.1) is 34.6 Å². The van der Waals surface area contributed by atoms with Gasteiger partial charge in [-0.1, -0.05) is 0 Å². The molecule has 1 rings (SSSR count). The predicted octanol–water partition coefficient (Wildman–Crippen LogP) is 2.05. The van der Waals surface area contributed by atoms with E-state index >= 15 is 0 Å². The maximum absolute atomic E-state index is 12.7. The lowest BCUT2D eigenvalue weighted by atomic mass is 9.95. The fourth-order valence-electron chi connectivity index (χ4n) is 2.88. The van der Waals surface area contributed by atoms with Gasteiger partial charge in [0.05, 0.1) is 11.5 Å². The zero-order valence-electron chi connectivity index (χ0n) is 16.2. The number of methoxy groups -OCH3 is 1. The van der Waals surface area contributed by atoms with Crippen LogP contribution in [0.4, 0.5) is 0 Å². The van der Waals surface area contributed by atoms with E-state index in [1.165, 1.54) is 0 Å². The van der Waals surface area contributed by atoms with Crippen LogP contribution in [0.15, 0.2) is 4.90 Å². The fourth-order valence-corrected chi connectivity index (χ4v) is 4.51. The van der Waals surface area contributed by atoms with Gasteiger partial charge in [-0.2, -0.15) is 0 Å². The second kappa shape index (κ2) is 8.78.